The van der Waals surface area contributed by atoms with Crippen LogP contribution in [0.5, 0.6) is 11.5 Å². The van der Waals surface area contributed by atoms with Crippen molar-refractivity contribution in [1.82, 2.24) is 0 Å². The number of fused-ring (bicyclic) bond motifs is 1. The Kier molecular flexibility index (Phi) is 3.98. The fourth-order valence-electron chi connectivity index (χ4n) is 2.15. The monoisotopic (exact) mass is 317 g/mol. The minimum Gasteiger partial charge on any atom is -0.482 e. The first-order valence-electron chi connectivity index (χ1n) is 6.62. The van der Waals surface area contributed by atoms with Gasteiger partial charge in [-0.1, -0.05) is 29.8 Å². The maximum absolute atomic E-state index is 12.0. The van der Waals surface area contributed by atoms with Gasteiger partial charge in [0.1, 0.15) is 18.0 Å². The summed E-state index contributed by atoms with van der Waals surface area (Å²) in [5.74, 6) is 0.0678. The average Bonchev–Trinajstić information content (AvgIpc) is 2.50. The number of amides is 1. The second kappa shape index (κ2) is 6.07. The molecule has 1 aliphatic heterocycles. The van der Waals surface area contributed by atoms with Gasteiger partial charge in [-0.25, -0.2) is 4.79 Å². The Bertz CT molecular complexity index is 732. The van der Waals surface area contributed by atoms with E-state index in [1.54, 1.807) is 42.5 Å². The smallest absolute Gasteiger partial charge is 0.331 e. The molecule has 0 aliphatic carbocycles. The molecule has 0 N–H and O–H groups in total. The van der Waals surface area contributed by atoms with Gasteiger partial charge in [0.25, 0.3) is 5.91 Å². The van der Waals surface area contributed by atoms with Gasteiger partial charge in [-0.3, -0.25) is 9.69 Å². The first kappa shape index (κ1) is 14.4. The van der Waals surface area contributed by atoms with Gasteiger partial charge in [0.15, 0.2) is 6.61 Å². The molecule has 0 atom stereocenters. The summed E-state index contributed by atoms with van der Waals surface area (Å²) in [5, 5.41) is 0.470. The highest BCUT2D eigenvalue weighted by molar-refractivity contribution is 6.30. The van der Waals surface area contributed by atoms with Gasteiger partial charge in [0.05, 0.1) is 5.69 Å². The molecule has 1 aliphatic rings. The molecule has 6 heteroatoms. The van der Waals surface area contributed by atoms with E-state index in [2.05, 4.69) is 0 Å². The molecule has 0 fully saturated rings. The molecule has 2 aromatic rings. The van der Waals surface area contributed by atoms with E-state index in [-0.39, 0.29) is 19.1 Å². The molecule has 0 aromatic heterocycles. The Morgan fingerprint density at radius 3 is 2.86 bits per heavy atom. The van der Waals surface area contributed by atoms with Crippen molar-refractivity contribution in [2.75, 3.05) is 18.1 Å². The summed E-state index contributed by atoms with van der Waals surface area (Å²) >= 11 is 5.84. The van der Waals surface area contributed by atoms with Gasteiger partial charge in [-0.05, 0) is 30.3 Å². The highest BCUT2D eigenvalue weighted by Gasteiger charge is 2.27. The summed E-state index contributed by atoms with van der Waals surface area (Å²) in [5.41, 5.74) is 0.557. The number of benzene rings is 2. The highest BCUT2D eigenvalue weighted by atomic mass is 35.5. The SMILES string of the molecule is O=C(CN1C(=O)COc2ccccc21)Oc1cccc(Cl)c1. The molecule has 5 nitrogen and oxygen atoms in total. The topological polar surface area (TPSA) is 55.8 Å². The van der Waals surface area contributed by atoms with Crippen molar-refractivity contribution >= 4 is 29.2 Å². The fraction of sp³-hybridized carbons (Fsp3) is 0.125. The van der Waals surface area contributed by atoms with Crippen molar-refractivity contribution in [3.05, 3.63) is 53.6 Å². The van der Waals surface area contributed by atoms with E-state index in [0.29, 0.717) is 22.2 Å². The summed E-state index contributed by atoms with van der Waals surface area (Å²) in [4.78, 5) is 25.4. The van der Waals surface area contributed by atoms with Gasteiger partial charge in [-0.2, -0.15) is 0 Å². The van der Waals surface area contributed by atoms with Crippen LogP contribution in [0, 0.1) is 0 Å². The van der Waals surface area contributed by atoms with E-state index in [1.807, 2.05) is 0 Å². The Morgan fingerprint density at radius 1 is 1.23 bits per heavy atom. The van der Waals surface area contributed by atoms with Crippen molar-refractivity contribution in [2.24, 2.45) is 0 Å². The lowest BCUT2D eigenvalue weighted by Crippen LogP contribution is -2.43. The van der Waals surface area contributed by atoms with Crippen LogP contribution in [0.2, 0.25) is 5.02 Å². The number of hydrogen-bond donors (Lipinski definition) is 0. The summed E-state index contributed by atoms with van der Waals surface area (Å²) < 4.78 is 10.5. The fourth-order valence-corrected chi connectivity index (χ4v) is 2.33. The molecule has 0 saturated carbocycles. The number of anilines is 1. The van der Waals surface area contributed by atoms with Crippen molar-refractivity contribution < 1.29 is 19.1 Å². The molecular weight excluding hydrogens is 306 g/mol. The zero-order valence-corrected chi connectivity index (χ0v) is 12.2. The van der Waals surface area contributed by atoms with Crippen LogP contribution in [0.15, 0.2) is 48.5 Å². The first-order valence-corrected chi connectivity index (χ1v) is 7.00. The standard InChI is InChI=1S/C16H12ClNO4/c17-11-4-3-5-12(8-11)22-16(20)9-18-13-6-1-2-7-14(13)21-10-15(18)19/h1-8H,9-10H2. The number of carbonyl (C=O) groups is 2. The molecule has 3 rings (SSSR count). The molecule has 0 spiro atoms. The van der Waals surface area contributed by atoms with Crippen LogP contribution >= 0.6 is 11.6 Å². The molecule has 1 heterocycles. The highest BCUT2D eigenvalue weighted by Crippen LogP contribution is 2.31. The number of rotatable bonds is 3. The summed E-state index contributed by atoms with van der Waals surface area (Å²) in [6.07, 6.45) is 0. The van der Waals surface area contributed by atoms with E-state index in [0.717, 1.165) is 0 Å². The van der Waals surface area contributed by atoms with Crippen LogP contribution in [0.1, 0.15) is 0 Å². The van der Waals surface area contributed by atoms with E-state index in [9.17, 15) is 9.59 Å². The zero-order valence-electron chi connectivity index (χ0n) is 11.5. The third kappa shape index (κ3) is 3.04. The van der Waals surface area contributed by atoms with E-state index < -0.39 is 5.97 Å². The minimum atomic E-state index is -0.549. The molecule has 0 unspecified atom stereocenters. The summed E-state index contributed by atoms with van der Waals surface area (Å²) in [6.45, 7) is -0.285. The lowest BCUT2D eigenvalue weighted by Gasteiger charge is -2.28. The van der Waals surface area contributed by atoms with E-state index >= 15 is 0 Å². The Labute approximate surface area is 132 Å². The Hall–Kier alpha value is -2.53. The van der Waals surface area contributed by atoms with Gasteiger partial charge < -0.3 is 9.47 Å². The molecule has 112 valence electrons. The van der Waals surface area contributed by atoms with E-state index in [4.69, 9.17) is 21.1 Å². The largest absolute Gasteiger partial charge is 0.482 e. The molecule has 22 heavy (non-hydrogen) atoms. The second-order valence-corrected chi connectivity index (χ2v) is 5.10. The molecular formula is C16H12ClNO4. The number of nitrogens with zero attached hydrogens (tertiary/aromatic N) is 1. The van der Waals surface area contributed by atoms with Gasteiger partial charge in [0, 0.05) is 5.02 Å². The number of para-hydroxylation sites is 2. The molecule has 0 bridgehead atoms. The molecule has 2 aromatic carbocycles. The van der Waals surface area contributed by atoms with Gasteiger partial charge >= 0.3 is 5.97 Å². The van der Waals surface area contributed by atoms with E-state index in [1.165, 1.54) is 11.0 Å². The van der Waals surface area contributed by atoms with Crippen LogP contribution in [-0.2, 0) is 9.59 Å². The van der Waals surface area contributed by atoms with Gasteiger partial charge in [-0.15, -0.1) is 0 Å². The van der Waals surface area contributed by atoms with Crippen molar-refractivity contribution in [3.8, 4) is 11.5 Å². The predicted molar refractivity (Wildman–Crippen MR) is 81.4 cm³/mol. The number of carbonyl (C=O) groups excluding carboxylic acids is 2. The second-order valence-electron chi connectivity index (χ2n) is 4.67. The minimum absolute atomic E-state index is 0.0958. The Balaban J connectivity index is 1.75. The molecule has 0 saturated heterocycles. The third-order valence-corrected chi connectivity index (χ3v) is 3.36. The first-order chi connectivity index (χ1) is 10.6. The predicted octanol–water partition coefficient (Wildman–Crippen LogP) is 2.67. The third-order valence-electron chi connectivity index (χ3n) is 3.12. The average molecular weight is 318 g/mol. The normalized spacial score (nSPS) is 13.3. The number of ether oxygens (including phenoxy) is 2. The quantitative estimate of drug-likeness (QED) is 0.645. The van der Waals surface area contributed by atoms with Crippen molar-refractivity contribution in [1.29, 1.82) is 0 Å². The summed E-state index contributed by atoms with van der Waals surface area (Å²) in [7, 11) is 0. The lowest BCUT2D eigenvalue weighted by molar-refractivity contribution is -0.134. The number of halogens is 1. The van der Waals surface area contributed by atoms with Crippen molar-refractivity contribution in [3.63, 3.8) is 0 Å². The lowest BCUT2D eigenvalue weighted by atomic mass is 10.2. The number of esters is 1. The molecule has 1 amide bonds. The Morgan fingerprint density at radius 2 is 2.05 bits per heavy atom. The zero-order chi connectivity index (χ0) is 15.5. The van der Waals surface area contributed by atoms with Crippen LogP contribution < -0.4 is 14.4 Å². The van der Waals surface area contributed by atoms with Crippen LogP contribution in [0.25, 0.3) is 0 Å². The van der Waals surface area contributed by atoms with Crippen molar-refractivity contribution in [2.45, 2.75) is 0 Å². The maximum Gasteiger partial charge on any atom is 0.331 e. The molecule has 0 radical (unpaired) electrons. The summed E-state index contributed by atoms with van der Waals surface area (Å²) in [6, 6.07) is 13.6. The number of hydrogen-bond acceptors (Lipinski definition) is 4. The van der Waals surface area contributed by atoms with Crippen LogP contribution in [-0.4, -0.2) is 25.0 Å². The van der Waals surface area contributed by atoms with Crippen LogP contribution in [0.4, 0.5) is 5.69 Å². The maximum atomic E-state index is 12.0. The van der Waals surface area contributed by atoms with Gasteiger partial charge in [0.2, 0.25) is 0 Å². The van der Waals surface area contributed by atoms with Crippen LogP contribution in [0.3, 0.4) is 0 Å².